The van der Waals surface area contributed by atoms with Crippen molar-refractivity contribution in [3.8, 4) is 5.92 Å². The predicted molar refractivity (Wildman–Crippen MR) is 71.9 cm³/mol. The zero-order valence-corrected chi connectivity index (χ0v) is 18.2. The Kier molecular flexibility index (Phi) is 8.25. The first-order chi connectivity index (χ1) is 8.45. The minimum absolute atomic E-state index is 0. The standard InChI is InChI=1S/C13H15N2O3.CH3.La.Lr/c1-5-10-6-15(13(17)14-11(10)16)12-8(3)7(2)9(4)18-12;;;/h6-9,12H,2-4H3,(H,14,16,17);1H3;;/q2*-1;;. The molecule has 1 fully saturated rings. The summed E-state index contributed by atoms with van der Waals surface area (Å²) in [6.07, 6.45) is 8.00. The molecule has 21 heavy (non-hydrogen) atoms. The van der Waals surface area contributed by atoms with Crippen molar-refractivity contribution in [3.05, 3.63) is 46.4 Å². The summed E-state index contributed by atoms with van der Waals surface area (Å²) in [6, 6.07) is 0. The van der Waals surface area contributed by atoms with E-state index in [1.807, 2.05) is 19.8 Å². The number of rotatable bonds is 1. The van der Waals surface area contributed by atoms with Crippen molar-refractivity contribution < 1.29 is 40.3 Å². The quantitative estimate of drug-likeness (QED) is 0.362. The number of ether oxygens (including phenoxy) is 1. The van der Waals surface area contributed by atoms with Gasteiger partial charge in [0.15, 0.2) is 5.56 Å². The van der Waals surface area contributed by atoms with Crippen LogP contribution in [0.1, 0.15) is 32.6 Å². The first-order valence-corrected chi connectivity index (χ1v) is 5.89. The van der Waals surface area contributed by atoms with E-state index in [1.54, 1.807) is 0 Å². The monoisotopic (exact) mass is 663 g/mol. The molecule has 0 amide bonds. The Morgan fingerprint density at radius 3 is 2.29 bits per heavy atom. The van der Waals surface area contributed by atoms with Crippen LogP contribution < -0.4 is 11.2 Å². The van der Waals surface area contributed by atoms with E-state index in [2.05, 4.69) is 11.9 Å². The van der Waals surface area contributed by atoms with E-state index in [0.717, 1.165) is 0 Å². The summed E-state index contributed by atoms with van der Waals surface area (Å²) in [5.74, 6) is 2.49. The van der Waals surface area contributed by atoms with Gasteiger partial charge in [-0.2, -0.15) is 0 Å². The van der Waals surface area contributed by atoms with E-state index in [-0.39, 0.29) is 60.6 Å². The molecule has 1 aromatic heterocycles. The molecule has 0 saturated carbocycles. The molecule has 1 aliphatic rings. The van der Waals surface area contributed by atoms with Crippen LogP contribution in [-0.2, 0) is 4.74 Å². The molecule has 2 rings (SSSR count). The molecule has 122 valence electrons. The molecule has 7 heteroatoms. The first-order valence-electron chi connectivity index (χ1n) is 5.89. The number of aromatic amines is 1. The molecule has 4 unspecified atom stereocenters. The Morgan fingerprint density at radius 2 is 1.86 bits per heavy atom. The van der Waals surface area contributed by atoms with E-state index in [0.29, 0.717) is 5.92 Å². The fourth-order valence-electron chi connectivity index (χ4n) is 2.24. The van der Waals surface area contributed by atoms with Gasteiger partial charge < -0.3 is 18.6 Å². The van der Waals surface area contributed by atoms with E-state index in [9.17, 15) is 9.59 Å². The van der Waals surface area contributed by atoms with Crippen molar-refractivity contribution in [2.45, 2.75) is 33.1 Å². The van der Waals surface area contributed by atoms with Crippen molar-refractivity contribution in [1.29, 1.82) is 0 Å². The maximum absolute atomic E-state index is 11.8. The molecule has 0 aromatic carbocycles. The fraction of sp³-hybridized carbons (Fsp3) is 0.500. The maximum Gasteiger partial charge on any atom is 0.327 e. The van der Waals surface area contributed by atoms with Gasteiger partial charge >= 0.3 is 5.69 Å². The molecule has 2 heterocycles. The summed E-state index contributed by atoms with van der Waals surface area (Å²) < 4.78 is 7.08. The second kappa shape index (κ2) is 7.99. The van der Waals surface area contributed by atoms with Crippen molar-refractivity contribution in [3.63, 3.8) is 0 Å². The molecule has 5 nitrogen and oxygen atoms in total. The number of hydrogen-bond donors (Lipinski definition) is 1. The minimum atomic E-state index is -0.599. The van der Waals surface area contributed by atoms with Gasteiger partial charge in [-0.1, -0.05) is 13.8 Å². The van der Waals surface area contributed by atoms with Gasteiger partial charge in [-0.15, -0.1) is 0 Å². The summed E-state index contributed by atoms with van der Waals surface area (Å²) in [5.41, 5.74) is -1.09. The first kappa shape index (κ1) is 21.7. The smallest absolute Gasteiger partial charge is 0.327 e. The SMILES string of the molecule is [C-]#Cc1cn(C2OC(C)C(C)C2C)c(=O)[nH]c1=O.[CH3-].[La].[Lr]. The molecule has 0 aliphatic carbocycles. The van der Waals surface area contributed by atoms with Gasteiger partial charge in [-0.3, -0.25) is 20.3 Å². The minimum Gasteiger partial charge on any atom is -0.366 e. The number of aromatic nitrogens is 2. The van der Waals surface area contributed by atoms with Gasteiger partial charge in [0.05, 0.1) is 6.10 Å². The maximum atomic E-state index is 11.8. The van der Waals surface area contributed by atoms with Gasteiger partial charge in [0.2, 0.25) is 0 Å². The molecular formula is C14H18LaLrN2O3-2. The molecular weight excluding hydrogens is 645 g/mol. The van der Waals surface area contributed by atoms with Crippen molar-refractivity contribution in [2.24, 2.45) is 11.8 Å². The second-order valence-electron chi connectivity index (χ2n) is 4.78. The average Bonchev–Trinajstić information content (AvgIpc) is 2.57. The van der Waals surface area contributed by atoms with Crippen LogP contribution >= 0.6 is 0 Å². The van der Waals surface area contributed by atoms with Crippen molar-refractivity contribution in [1.82, 2.24) is 9.55 Å². The average molecular weight is 663 g/mol. The third-order valence-electron chi connectivity index (χ3n) is 3.75. The van der Waals surface area contributed by atoms with Crippen LogP contribution in [0.4, 0.5) is 0 Å². The molecule has 2 radical (unpaired) electrons. The Balaban J connectivity index is 0. The number of hydrogen-bond acceptors (Lipinski definition) is 3. The predicted octanol–water partition coefficient (Wildman–Crippen LogP) is 1.11. The second-order valence-corrected chi connectivity index (χ2v) is 4.78. The van der Waals surface area contributed by atoms with E-state index in [1.165, 1.54) is 10.8 Å². The van der Waals surface area contributed by atoms with Crippen LogP contribution in [0.2, 0.25) is 0 Å². The van der Waals surface area contributed by atoms with Crippen LogP contribution in [0.5, 0.6) is 0 Å². The Labute approximate surface area is 146 Å². The Bertz CT molecular complexity index is 620. The number of nitrogens with one attached hydrogen (secondary N) is 1. The molecule has 4 atom stereocenters. The van der Waals surface area contributed by atoms with Crippen LogP contribution in [-0.4, -0.2) is 15.7 Å². The van der Waals surface area contributed by atoms with Crippen LogP contribution in [0.3, 0.4) is 0 Å². The number of H-pyrrole nitrogens is 1. The van der Waals surface area contributed by atoms with E-state index >= 15 is 0 Å². The Hall–Kier alpha value is -1.61. The molecule has 1 aromatic rings. The number of nitrogens with zero attached hydrogens (tertiary/aromatic N) is 1. The normalized spacial score (nSPS) is 26.8. The van der Waals surface area contributed by atoms with Gasteiger partial charge in [-0.25, -0.2) is 4.79 Å². The summed E-state index contributed by atoms with van der Waals surface area (Å²) in [7, 11) is 0. The van der Waals surface area contributed by atoms with Crippen LogP contribution in [0.25, 0.3) is 0 Å². The summed E-state index contributed by atoms with van der Waals surface area (Å²) in [5, 5.41) is 0. The molecule has 1 saturated heterocycles. The summed E-state index contributed by atoms with van der Waals surface area (Å²) >= 11 is 0. The van der Waals surface area contributed by atoms with Crippen molar-refractivity contribution >= 4 is 0 Å². The summed E-state index contributed by atoms with van der Waals surface area (Å²) in [6.45, 7) is 6.03. The van der Waals surface area contributed by atoms with Crippen LogP contribution in [0, 0.1) is 67.2 Å². The third kappa shape index (κ3) is 3.73. The van der Waals surface area contributed by atoms with Gasteiger partial charge in [-0.05, 0) is 24.6 Å². The molecule has 0 spiro atoms. The molecule has 1 aliphatic heterocycles. The fourth-order valence-corrected chi connectivity index (χ4v) is 2.24. The largest absolute Gasteiger partial charge is 0.366 e. The zero-order chi connectivity index (χ0) is 13.4. The molecule has 1 N–H and O–H groups in total. The topological polar surface area (TPSA) is 64.1 Å². The van der Waals surface area contributed by atoms with E-state index < -0.39 is 17.5 Å². The third-order valence-corrected chi connectivity index (χ3v) is 3.75. The van der Waals surface area contributed by atoms with Crippen LogP contribution in [0.15, 0.2) is 15.8 Å². The molecule has 0 bridgehead atoms. The van der Waals surface area contributed by atoms with E-state index in [4.69, 9.17) is 11.2 Å². The van der Waals surface area contributed by atoms with Gasteiger partial charge in [0.25, 0.3) is 0 Å². The Morgan fingerprint density at radius 1 is 1.29 bits per heavy atom. The zero-order valence-electron chi connectivity index (χ0n) is 12.4. The summed E-state index contributed by atoms with van der Waals surface area (Å²) in [4.78, 5) is 25.3. The van der Waals surface area contributed by atoms with Crippen molar-refractivity contribution in [2.75, 3.05) is 0 Å². The van der Waals surface area contributed by atoms with Gasteiger partial charge in [0.1, 0.15) is 6.23 Å². The van der Waals surface area contributed by atoms with Gasteiger partial charge in [0, 0.05) is 41.5 Å².